The number of para-hydroxylation sites is 1. The molecule has 0 radical (unpaired) electrons. The second-order valence-electron chi connectivity index (χ2n) is 7.04. The minimum atomic E-state index is -0.568. The van der Waals surface area contributed by atoms with E-state index in [4.69, 9.17) is 15.0 Å². The molecule has 1 aromatic heterocycles. The van der Waals surface area contributed by atoms with Crippen LogP contribution >= 0.6 is 11.3 Å². The fourth-order valence-electron chi connectivity index (χ4n) is 3.56. The number of hydrogen-bond donors (Lipinski definition) is 0. The molecule has 0 bridgehead atoms. The SMILES string of the molecule is C[C@@H](Oc1ccc(C#N)cc1)C(=O)N1CCC[C@H](c2nc3ccccc3s2)C1. The minimum absolute atomic E-state index is 0.00447. The number of likely N-dealkylation sites (tertiary alicyclic amines) is 1. The molecule has 0 unspecified atom stereocenters. The second kappa shape index (κ2) is 7.99. The van der Waals surface area contributed by atoms with Crippen LogP contribution < -0.4 is 4.74 Å². The molecule has 0 spiro atoms. The van der Waals surface area contributed by atoms with Crippen LogP contribution in [0.25, 0.3) is 10.2 Å². The molecule has 142 valence electrons. The van der Waals surface area contributed by atoms with Gasteiger partial charge in [0.05, 0.1) is 26.9 Å². The van der Waals surface area contributed by atoms with Crippen LogP contribution in [0.3, 0.4) is 0 Å². The summed E-state index contributed by atoms with van der Waals surface area (Å²) in [7, 11) is 0. The minimum Gasteiger partial charge on any atom is -0.481 e. The van der Waals surface area contributed by atoms with Gasteiger partial charge in [-0.15, -0.1) is 11.3 Å². The zero-order valence-electron chi connectivity index (χ0n) is 15.7. The summed E-state index contributed by atoms with van der Waals surface area (Å²) < 4.78 is 7.00. The van der Waals surface area contributed by atoms with E-state index in [0.717, 1.165) is 29.9 Å². The maximum atomic E-state index is 12.9. The maximum Gasteiger partial charge on any atom is 0.263 e. The Morgan fingerprint density at radius 2 is 2.07 bits per heavy atom. The molecular formula is C22H21N3O2S. The van der Waals surface area contributed by atoms with Gasteiger partial charge >= 0.3 is 0 Å². The van der Waals surface area contributed by atoms with Crippen LogP contribution in [0.5, 0.6) is 5.75 Å². The number of nitriles is 1. The Balaban J connectivity index is 1.42. The van der Waals surface area contributed by atoms with E-state index in [1.165, 1.54) is 4.70 Å². The standard InChI is InChI=1S/C22H21N3O2S/c1-15(27-18-10-8-16(13-23)9-11-18)22(26)25-12-4-5-17(14-25)21-24-19-6-2-3-7-20(19)28-21/h2-3,6-11,15,17H,4-5,12,14H2,1H3/t15-,17+/m1/s1. The zero-order chi connectivity index (χ0) is 19.5. The smallest absolute Gasteiger partial charge is 0.263 e. The summed E-state index contributed by atoms with van der Waals surface area (Å²) in [6.45, 7) is 3.21. The number of fused-ring (bicyclic) bond motifs is 1. The molecule has 1 amide bonds. The van der Waals surface area contributed by atoms with E-state index < -0.39 is 6.10 Å². The normalized spacial score (nSPS) is 17.9. The van der Waals surface area contributed by atoms with E-state index in [9.17, 15) is 4.79 Å². The molecule has 0 N–H and O–H groups in total. The molecule has 3 aromatic rings. The first-order chi connectivity index (χ1) is 13.6. The Kier molecular flexibility index (Phi) is 5.27. The van der Waals surface area contributed by atoms with E-state index >= 15 is 0 Å². The lowest BCUT2D eigenvalue weighted by Gasteiger charge is -2.33. The van der Waals surface area contributed by atoms with Gasteiger partial charge in [-0.2, -0.15) is 5.26 Å². The van der Waals surface area contributed by atoms with E-state index in [1.54, 1.807) is 42.5 Å². The quantitative estimate of drug-likeness (QED) is 0.663. The Morgan fingerprint density at radius 3 is 2.82 bits per heavy atom. The van der Waals surface area contributed by atoms with Crippen molar-refractivity contribution in [2.24, 2.45) is 0 Å². The lowest BCUT2D eigenvalue weighted by atomic mass is 9.98. The lowest BCUT2D eigenvalue weighted by molar-refractivity contribution is -0.139. The third kappa shape index (κ3) is 3.85. The van der Waals surface area contributed by atoms with Gasteiger partial charge in [0.1, 0.15) is 5.75 Å². The summed E-state index contributed by atoms with van der Waals surface area (Å²) >= 11 is 1.73. The van der Waals surface area contributed by atoms with Gasteiger partial charge in [-0.25, -0.2) is 4.98 Å². The second-order valence-corrected chi connectivity index (χ2v) is 8.10. The Hall–Kier alpha value is -2.91. The van der Waals surface area contributed by atoms with E-state index in [0.29, 0.717) is 17.9 Å². The molecule has 5 nitrogen and oxygen atoms in total. The van der Waals surface area contributed by atoms with Gasteiger partial charge in [0, 0.05) is 19.0 Å². The van der Waals surface area contributed by atoms with Gasteiger partial charge in [0.2, 0.25) is 0 Å². The van der Waals surface area contributed by atoms with Gasteiger partial charge in [-0.1, -0.05) is 12.1 Å². The molecule has 2 aromatic carbocycles. The lowest BCUT2D eigenvalue weighted by Crippen LogP contribution is -2.45. The van der Waals surface area contributed by atoms with Crippen molar-refractivity contribution in [3.63, 3.8) is 0 Å². The number of benzene rings is 2. The summed E-state index contributed by atoms with van der Waals surface area (Å²) in [6, 6.07) is 17.1. The molecule has 0 saturated carbocycles. The van der Waals surface area contributed by atoms with Crippen molar-refractivity contribution in [1.29, 1.82) is 5.26 Å². The molecule has 4 rings (SSSR count). The summed E-state index contributed by atoms with van der Waals surface area (Å²) in [6.07, 6.45) is 1.45. The number of rotatable bonds is 4. The number of aromatic nitrogens is 1. The van der Waals surface area contributed by atoms with Crippen LogP contribution in [0.4, 0.5) is 0 Å². The van der Waals surface area contributed by atoms with Crippen LogP contribution in [0.1, 0.15) is 36.3 Å². The number of ether oxygens (including phenoxy) is 1. The fourth-order valence-corrected chi connectivity index (χ4v) is 4.66. The largest absolute Gasteiger partial charge is 0.481 e. The fraction of sp³-hybridized carbons (Fsp3) is 0.318. The van der Waals surface area contributed by atoms with E-state index in [1.807, 2.05) is 23.1 Å². The summed E-state index contributed by atoms with van der Waals surface area (Å²) in [5, 5.41) is 9.99. The van der Waals surface area contributed by atoms with Crippen LogP contribution in [0.2, 0.25) is 0 Å². The molecule has 1 aliphatic rings. The van der Waals surface area contributed by atoms with Gasteiger partial charge in [-0.05, 0) is 56.2 Å². The first kappa shape index (κ1) is 18.5. The van der Waals surface area contributed by atoms with Gasteiger partial charge < -0.3 is 9.64 Å². The van der Waals surface area contributed by atoms with Crippen LogP contribution in [-0.4, -0.2) is 35.0 Å². The number of piperidine rings is 1. The van der Waals surface area contributed by atoms with Crippen LogP contribution in [0.15, 0.2) is 48.5 Å². The first-order valence-electron chi connectivity index (χ1n) is 9.45. The Morgan fingerprint density at radius 1 is 1.29 bits per heavy atom. The number of nitrogens with zero attached hydrogens (tertiary/aromatic N) is 3. The van der Waals surface area contributed by atoms with Crippen LogP contribution in [-0.2, 0) is 4.79 Å². The third-order valence-electron chi connectivity index (χ3n) is 5.04. The molecule has 1 saturated heterocycles. The highest BCUT2D eigenvalue weighted by molar-refractivity contribution is 7.18. The molecular weight excluding hydrogens is 370 g/mol. The molecule has 1 aliphatic heterocycles. The first-order valence-corrected chi connectivity index (χ1v) is 10.3. The molecule has 28 heavy (non-hydrogen) atoms. The molecule has 2 atom stereocenters. The third-order valence-corrected chi connectivity index (χ3v) is 6.24. The van der Waals surface area contributed by atoms with Crippen molar-refractivity contribution in [2.45, 2.75) is 31.8 Å². The topological polar surface area (TPSA) is 66.2 Å². The summed E-state index contributed by atoms with van der Waals surface area (Å²) in [4.78, 5) is 19.6. The average Bonchev–Trinajstić information content (AvgIpc) is 3.18. The predicted octanol–water partition coefficient (Wildman–Crippen LogP) is 4.34. The van der Waals surface area contributed by atoms with Crippen molar-refractivity contribution < 1.29 is 9.53 Å². The number of carbonyl (C=O) groups is 1. The molecule has 0 aliphatic carbocycles. The highest BCUT2D eigenvalue weighted by Crippen LogP contribution is 2.33. The number of hydrogen-bond acceptors (Lipinski definition) is 5. The van der Waals surface area contributed by atoms with Crippen molar-refractivity contribution in [3.8, 4) is 11.8 Å². The predicted molar refractivity (Wildman–Crippen MR) is 109 cm³/mol. The van der Waals surface area contributed by atoms with Gasteiger partial charge in [-0.3, -0.25) is 4.79 Å². The Labute approximate surface area is 168 Å². The number of carbonyl (C=O) groups excluding carboxylic acids is 1. The number of thiazole rings is 1. The van der Waals surface area contributed by atoms with Crippen molar-refractivity contribution in [3.05, 3.63) is 59.1 Å². The highest BCUT2D eigenvalue weighted by Gasteiger charge is 2.30. The summed E-state index contributed by atoms with van der Waals surface area (Å²) in [5.41, 5.74) is 1.60. The van der Waals surface area contributed by atoms with Crippen molar-refractivity contribution in [1.82, 2.24) is 9.88 Å². The van der Waals surface area contributed by atoms with Crippen molar-refractivity contribution in [2.75, 3.05) is 13.1 Å². The van der Waals surface area contributed by atoms with Gasteiger partial charge in [0.25, 0.3) is 5.91 Å². The Bertz CT molecular complexity index is 989. The zero-order valence-corrected chi connectivity index (χ0v) is 16.5. The summed E-state index contributed by atoms with van der Waals surface area (Å²) in [5.74, 6) is 0.868. The van der Waals surface area contributed by atoms with Crippen molar-refractivity contribution >= 4 is 27.5 Å². The average molecular weight is 391 g/mol. The van der Waals surface area contributed by atoms with E-state index in [2.05, 4.69) is 12.1 Å². The molecule has 1 fully saturated rings. The highest BCUT2D eigenvalue weighted by atomic mass is 32.1. The molecule has 6 heteroatoms. The van der Waals surface area contributed by atoms with E-state index in [-0.39, 0.29) is 11.8 Å². The monoisotopic (exact) mass is 391 g/mol. The number of amides is 1. The maximum absolute atomic E-state index is 12.9. The molecule has 2 heterocycles. The van der Waals surface area contributed by atoms with Crippen LogP contribution in [0, 0.1) is 11.3 Å². The van der Waals surface area contributed by atoms with Gasteiger partial charge in [0.15, 0.2) is 6.10 Å².